The molecule has 1 fully saturated rings. The lowest BCUT2D eigenvalue weighted by atomic mass is 9.81. The summed E-state index contributed by atoms with van der Waals surface area (Å²) in [6.07, 6.45) is 2.79. The Labute approximate surface area is 129 Å². The lowest BCUT2D eigenvalue weighted by molar-refractivity contribution is 0.0701. The summed E-state index contributed by atoms with van der Waals surface area (Å²) >= 11 is 0.815. The number of carboxylic acids is 1. The molecule has 0 aromatic carbocycles. The topological polar surface area (TPSA) is 83.5 Å². The van der Waals surface area contributed by atoms with Crippen molar-refractivity contribution in [3.8, 4) is 0 Å². The smallest absolute Gasteiger partial charge is 0.346 e. The van der Waals surface area contributed by atoms with E-state index in [1.165, 1.54) is 6.07 Å². The van der Waals surface area contributed by atoms with E-state index >= 15 is 0 Å². The third kappa shape index (κ3) is 3.84. The normalized spacial score (nSPS) is 26.7. The van der Waals surface area contributed by atoms with Crippen molar-refractivity contribution in [1.29, 1.82) is 0 Å². The molecule has 2 unspecified atom stereocenters. The molecule has 0 saturated heterocycles. The number of rotatable bonds is 4. The summed E-state index contributed by atoms with van der Waals surface area (Å²) in [5.41, 5.74) is 0.484. The fraction of sp³-hybridized carbons (Fsp3) is 0.643. The number of hydrogen-bond acceptors (Lipinski definition) is 4. The van der Waals surface area contributed by atoms with Crippen LogP contribution in [0.4, 0.5) is 0 Å². The molecule has 0 spiro atoms. The van der Waals surface area contributed by atoms with Crippen molar-refractivity contribution in [2.45, 2.75) is 50.3 Å². The van der Waals surface area contributed by atoms with E-state index in [0.29, 0.717) is 17.4 Å². The van der Waals surface area contributed by atoms with Crippen LogP contribution in [0.3, 0.4) is 0 Å². The Morgan fingerprint density at radius 1 is 1.29 bits per heavy atom. The highest BCUT2D eigenvalue weighted by molar-refractivity contribution is 7.91. The molecule has 21 heavy (non-hydrogen) atoms. The van der Waals surface area contributed by atoms with Crippen molar-refractivity contribution < 1.29 is 18.3 Å². The fourth-order valence-electron chi connectivity index (χ4n) is 3.12. The predicted molar refractivity (Wildman–Crippen MR) is 82.3 cm³/mol. The first-order valence-electron chi connectivity index (χ1n) is 7.05. The number of hydrogen-bond donors (Lipinski definition) is 2. The third-order valence-corrected chi connectivity index (χ3v) is 7.07. The SMILES string of the molecule is Cc1cc(S(=O)(=O)NC2CC(C)CC(C)C2)sc1C(=O)O. The first-order valence-corrected chi connectivity index (χ1v) is 9.35. The number of carboxylic acid groups (broad SMARTS) is 1. The van der Waals surface area contributed by atoms with Crippen LogP contribution < -0.4 is 4.72 Å². The largest absolute Gasteiger partial charge is 0.477 e. The summed E-state index contributed by atoms with van der Waals surface area (Å²) < 4.78 is 27.6. The summed E-state index contributed by atoms with van der Waals surface area (Å²) in [6.45, 7) is 5.88. The van der Waals surface area contributed by atoms with Crippen LogP contribution >= 0.6 is 11.3 Å². The van der Waals surface area contributed by atoms with Crippen LogP contribution in [0.2, 0.25) is 0 Å². The van der Waals surface area contributed by atoms with Gasteiger partial charge in [-0.05, 0) is 49.7 Å². The minimum absolute atomic E-state index is 0.0653. The summed E-state index contributed by atoms with van der Waals surface area (Å²) in [4.78, 5) is 11.1. The molecule has 7 heteroatoms. The maximum absolute atomic E-state index is 12.4. The van der Waals surface area contributed by atoms with Crippen molar-refractivity contribution in [3.05, 3.63) is 16.5 Å². The zero-order valence-electron chi connectivity index (χ0n) is 12.4. The molecular formula is C14H21NO4S2. The number of sulfonamides is 1. The highest BCUT2D eigenvalue weighted by atomic mass is 32.2. The van der Waals surface area contributed by atoms with Gasteiger partial charge >= 0.3 is 5.97 Å². The number of thiophene rings is 1. The van der Waals surface area contributed by atoms with Crippen molar-refractivity contribution in [1.82, 2.24) is 4.72 Å². The zero-order valence-corrected chi connectivity index (χ0v) is 14.1. The number of aryl methyl sites for hydroxylation is 1. The molecule has 1 aliphatic carbocycles. The standard InChI is InChI=1S/C14H21NO4S2/c1-8-4-9(2)6-11(5-8)15-21(18,19)12-7-10(3)13(20-12)14(16)17/h7-9,11,15H,4-6H2,1-3H3,(H,16,17). The van der Waals surface area contributed by atoms with Gasteiger partial charge < -0.3 is 5.11 Å². The van der Waals surface area contributed by atoms with Gasteiger partial charge in [-0.25, -0.2) is 17.9 Å². The van der Waals surface area contributed by atoms with Crippen molar-refractivity contribution in [3.63, 3.8) is 0 Å². The average molecular weight is 331 g/mol. The fourth-order valence-corrected chi connectivity index (χ4v) is 5.77. The maximum Gasteiger partial charge on any atom is 0.346 e. The summed E-state index contributed by atoms with van der Waals surface area (Å²) in [7, 11) is -3.64. The van der Waals surface area contributed by atoms with E-state index in [4.69, 9.17) is 5.11 Å². The molecule has 2 atom stereocenters. The van der Waals surface area contributed by atoms with Gasteiger partial charge in [0, 0.05) is 6.04 Å². The van der Waals surface area contributed by atoms with Gasteiger partial charge in [-0.1, -0.05) is 13.8 Å². The van der Waals surface area contributed by atoms with Gasteiger partial charge in [0.15, 0.2) is 0 Å². The van der Waals surface area contributed by atoms with Gasteiger partial charge in [-0.3, -0.25) is 0 Å². The van der Waals surface area contributed by atoms with E-state index in [1.54, 1.807) is 6.92 Å². The Morgan fingerprint density at radius 2 is 1.86 bits per heavy atom. The Kier molecular flexibility index (Phi) is 4.75. The molecule has 0 aliphatic heterocycles. The molecule has 2 N–H and O–H groups in total. The van der Waals surface area contributed by atoms with Gasteiger partial charge in [-0.15, -0.1) is 11.3 Å². The minimum atomic E-state index is -3.64. The Morgan fingerprint density at radius 3 is 2.33 bits per heavy atom. The second-order valence-corrected chi connectivity index (χ2v) is 9.11. The second kappa shape index (κ2) is 6.06. The van der Waals surface area contributed by atoms with Gasteiger partial charge in [-0.2, -0.15) is 0 Å². The molecule has 1 heterocycles. The van der Waals surface area contributed by atoms with Gasteiger partial charge in [0.25, 0.3) is 0 Å². The molecule has 0 bridgehead atoms. The van der Waals surface area contributed by atoms with E-state index < -0.39 is 16.0 Å². The predicted octanol–water partition coefficient (Wildman–Crippen LogP) is 2.86. The van der Waals surface area contributed by atoms with E-state index in [1.807, 2.05) is 0 Å². The number of nitrogens with one attached hydrogen (secondary N) is 1. The van der Waals surface area contributed by atoms with E-state index in [2.05, 4.69) is 18.6 Å². The average Bonchev–Trinajstić information content (AvgIpc) is 2.70. The molecule has 118 valence electrons. The second-order valence-electron chi connectivity index (χ2n) is 6.12. The minimum Gasteiger partial charge on any atom is -0.477 e. The maximum atomic E-state index is 12.4. The zero-order chi connectivity index (χ0) is 15.8. The first kappa shape index (κ1) is 16.5. The van der Waals surface area contributed by atoms with Crippen LogP contribution in [0.25, 0.3) is 0 Å². The van der Waals surface area contributed by atoms with Crippen LogP contribution in [0.15, 0.2) is 10.3 Å². The van der Waals surface area contributed by atoms with Gasteiger partial charge in [0.05, 0.1) is 0 Å². The van der Waals surface area contributed by atoms with E-state index in [-0.39, 0.29) is 15.1 Å². The number of aromatic carboxylic acids is 1. The van der Waals surface area contributed by atoms with Gasteiger partial charge in [0.1, 0.15) is 9.09 Å². The molecule has 1 aromatic heterocycles. The molecule has 1 aliphatic rings. The van der Waals surface area contributed by atoms with Gasteiger partial charge in [0.2, 0.25) is 10.0 Å². The third-order valence-electron chi connectivity index (χ3n) is 3.85. The molecule has 0 radical (unpaired) electrons. The van der Waals surface area contributed by atoms with Crippen LogP contribution in [0.5, 0.6) is 0 Å². The summed E-state index contributed by atoms with van der Waals surface area (Å²) in [6, 6.07) is 1.37. The van der Waals surface area contributed by atoms with E-state index in [0.717, 1.165) is 30.6 Å². The van der Waals surface area contributed by atoms with Crippen LogP contribution in [-0.4, -0.2) is 25.5 Å². The molecule has 0 amide bonds. The van der Waals surface area contributed by atoms with Crippen LogP contribution in [-0.2, 0) is 10.0 Å². The molecule has 2 rings (SSSR count). The van der Waals surface area contributed by atoms with Crippen LogP contribution in [0, 0.1) is 18.8 Å². The molecule has 1 aromatic rings. The highest BCUT2D eigenvalue weighted by Crippen LogP contribution is 2.31. The lowest BCUT2D eigenvalue weighted by Gasteiger charge is -2.31. The van der Waals surface area contributed by atoms with Crippen LogP contribution in [0.1, 0.15) is 48.3 Å². The molecule has 1 saturated carbocycles. The quantitative estimate of drug-likeness (QED) is 0.888. The molecular weight excluding hydrogens is 310 g/mol. The van der Waals surface area contributed by atoms with E-state index in [9.17, 15) is 13.2 Å². The van der Waals surface area contributed by atoms with Crippen molar-refractivity contribution in [2.24, 2.45) is 11.8 Å². The highest BCUT2D eigenvalue weighted by Gasteiger charge is 2.29. The first-order chi connectivity index (χ1) is 9.69. The number of carbonyl (C=O) groups is 1. The molecule has 5 nitrogen and oxygen atoms in total. The van der Waals surface area contributed by atoms with Crippen molar-refractivity contribution in [2.75, 3.05) is 0 Å². The lowest BCUT2D eigenvalue weighted by Crippen LogP contribution is -2.39. The monoisotopic (exact) mass is 331 g/mol. The Bertz CT molecular complexity index is 625. The summed E-state index contributed by atoms with van der Waals surface area (Å²) in [5, 5.41) is 9.03. The Balaban J connectivity index is 2.18. The Hall–Kier alpha value is -0.920. The summed E-state index contributed by atoms with van der Waals surface area (Å²) in [5.74, 6) is -0.0823. The van der Waals surface area contributed by atoms with Crippen molar-refractivity contribution >= 4 is 27.3 Å².